The number of fused-ring (bicyclic) bond motifs is 3. The molecule has 0 heterocycles. The topological polar surface area (TPSA) is 46.2 Å². The van der Waals surface area contributed by atoms with E-state index in [-0.39, 0.29) is 0 Å². The van der Waals surface area contributed by atoms with Crippen molar-refractivity contribution in [2.24, 2.45) is 0 Å². The number of benzene rings is 2. The monoisotopic (exact) mass is 259 g/mol. The lowest BCUT2D eigenvalue weighted by molar-refractivity contribution is 0.607. The van der Waals surface area contributed by atoms with E-state index < -0.39 is 10.0 Å². The van der Waals surface area contributed by atoms with Crippen molar-refractivity contribution in [1.29, 1.82) is 0 Å². The van der Waals surface area contributed by atoms with E-state index in [4.69, 9.17) is 0 Å². The zero-order valence-electron chi connectivity index (χ0n) is 9.97. The maximum absolute atomic E-state index is 11.2. The van der Waals surface area contributed by atoms with Crippen molar-refractivity contribution in [2.45, 2.75) is 6.42 Å². The Morgan fingerprint density at radius 3 is 2.50 bits per heavy atom. The molecule has 0 saturated carbocycles. The highest BCUT2D eigenvalue weighted by Gasteiger charge is 2.18. The highest BCUT2D eigenvalue weighted by molar-refractivity contribution is 7.92. The molecule has 4 heteroatoms. The van der Waals surface area contributed by atoms with Crippen LogP contribution in [0.25, 0.3) is 11.1 Å². The molecule has 0 aromatic heterocycles. The number of hydrogen-bond donors (Lipinski definition) is 1. The smallest absolute Gasteiger partial charge is 0.229 e. The Morgan fingerprint density at radius 2 is 1.72 bits per heavy atom. The van der Waals surface area contributed by atoms with Gasteiger partial charge in [0.05, 0.1) is 6.26 Å². The quantitative estimate of drug-likeness (QED) is 0.769. The van der Waals surface area contributed by atoms with Crippen LogP contribution in [0, 0.1) is 0 Å². The summed E-state index contributed by atoms with van der Waals surface area (Å²) < 4.78 is 24.9. The third-order valence-corrected chi connectivity index (χ3v) is 3.70. The van der Waals surface area contributed by atoms with Crippen molar-refractivity contribution in [1.82, 2.24) is 0 Å². The maximum Gasteiger partial charge on any atom is 0.229 e. The molecule has 0 saturated heterocycles. The number of hydrogen-bond acceptors (Lipinski definition) is 2. The van der Waals surface area contributed by atoms with Crippen LogP contribution in [0.2, 0.25) is 0 Å². The van der Waals surface area contributed by atoms with Crippen LogP contribution in [0.3, 0.4) is 0 Å². The van der Waals surface area contributed by atoms with Gasteiger partial charge in [-0.15, -0.1) is 0 Å². The van der Waals surface area contributed by atoms with Gasteiger partial charge in [-0.25, -0.2) is 8.42 Å². The molecule has 92 valence electrons. The van der Waals surface area contributed by atoms with Crippen molar-refractivity contribution in [3.05, 3.63) is 53.6 Å². The van der Waals surface area contributed by atoms with E-state index >= 15 is 0 Å². The van der Waals surface area contributed by atoms with Gasteiger partial charge in [-0.05, 0) is 40.8 Å². The zero-order chi connectivity index (χ0) is 12.8. The van der Waals surface area contributed by atoms with Gasteiger partial charge < -0.3 is 0 Å². The average molecular weight is 259 g/mol. The molecular weight excluding hydrogens is 246 g/mol. The highest BCUT2D eigenvalue weighted by Crippen LogP contribution is 2.37. The van der Waals surface area contributed by atoms with E-state index in [0.29, 0.717) is 5.69 Å². The van der Waals surface area contributed by atoms with Gasteiger partial charge in [-0.3, -0.25) is 4.72 Å². The fourth-order valence-electron chi connectivity index (χ4n) is 2.42. The minimum absolute atomic E-state index is 0.629. The van der Waals surface area contributed by atoms with Gasteiger partial charge in [-0.1, -0.05) is 30.3 Å². The summed E-state index contributed by atoms with van der Waals surface area (Å²) >= 11 is 0. The normalized spacial score (nSPS) is 12.9. The number of sulfonamides is 1. The van der Waals surface area contributed by atoms with Gasteiger partial charge >= 0.3 is 0 Å². The first-order valence-corrected chi connectivity index (χ1v) is 7.61. The molecule has 1 aliphatic carbocycles. The van der Waals surface area contributed by atoms with Gasteiger partial charge in [-0.2, -0.15) is 0 Å². The summed E-state index contributed by atoms with van der Waals surface area (Å²) in [6.07, 6.45) is 2.03. The van der Waals surface area contributed by atoms with Crippen molar-refractivity contribution in [3.63, 3.8) is 0 Å². The molecule has 3 rings (SSSR count). The van der Waals surface area contributed by atoms with Crippen molar-refractivity contribution >= 4 is 15.7 Å². The molecule has 1 N–H and O–H groups in total. The fraction of sp³-hybridized carbons (Fsp3) is 0.143. The number of anilines is 1. The van der Waals surface area contributed by atoms with E-state index in [1.165, 1.54) is 22.3 Å². The average Bonchev–Trinajstić information content (AvgIpc) is 2.64. The van der Waals surface area contributed by atoms with Crippen LogP contribution in [0.5, 0.6) is 0 Å². The van der Waals surface area contributed by atoms with Crippen LogP contribution >= 0.6 is 0 Å². The van der Waals surface area contributed by atoms with E-state index in [1.54, 1.807) is 0 Å². The molecule has 0 unspecified atom stereocenters. The lowest BCUT2D eigenvalue weighted by atomic mass is 10.1. The van der Waals surface area contributed by atoms with E-state index in [2.05, 4.69) is 16.9 Å². The van der Waals surface area contributed by atoms with Crippen LogP contribution in [-0.4, -0.2) is 14.7 Å². The summed E-state index contributed by atoms with van der Waals surface area (Å²) in [5.74, 6) is 0. The molecule has 0 radical (unpaired) electrons. The molecule has 2 aromatic rings. The summed E-state index contributed by atoms with van der Waals surface area (Å²) in [7, 11) is -3.21. The Balaban J connectivity index is 2.03. The van der Waals surface area contributed by atoms with Gasteiger partial charge in [0.25, 0.3) is 0 Å². The zero-order valence-corrected chi connectivity index (χ0v) is 10.8. The summed E-state index contributed by atoms with van der Waals surface area (Å²) in [5, 5.41) is 0. The van der Waals surface area contributed by atoms with E-state index in [9.17, 15) is 8.42 Å². The van der Waals surface area contributed by atoms with E-state index in [0.717, 1.165) is 12.7 Å². The molecular formula is C14H13NO2S. The molecule has 3 nitrogen and oxygen atoms in total. The van der Waals surface area contributed by atoms with Gasteiger partial charge in [0.1, 0.15) is 0 Å². The minimum Gasteiger partial charge on any atom is -0.284 e. The standard InChI is InChI=1S/C14H13NO2S/c1-18(16,17)15-12-6-7-14-11(9-12)8-10-4-2-3-5-13(10)14/h2-7,9,15H,8H2,1H3. The fourth-order valence-corrected chi connectivity index (χ4v) is 2.98. The molecule has 0 fully saturated rings. The first-order valence-electron chi connectivity index (χ1n) is 5.72. The number of nitrogens with one attached hydrogen (secondary N) is 1. The molecule has 0 amide bonds. The molecule has 18 heavy (non-hydrogen) atoms. The SMILES string of the molecule is CS(=O)(=O)Nc1ccc2c(c1)Cc1ccccc1-2. The van der Waals surface area contributed by atoms with Gasteiger partial charge in [0, 0.05) is 5.69 Å². The Bertz CT molecular complexity index is 720. The van der Waals surface area contributed by atoms with Crippen LogP contribution in [0.1, 0.15) is 11.1 Å². The molecule has 0 bridgehead atoms. The summed E-state index contributed by atoms with van der Waals surface area (Å²) in [6.45, 7) is 0. The second kappa shape index (κ2) is 3.85. The Hall–Kier alpha value is -1.81. The minimum atomic E-state index is -3.21. The first-order chi connectivity index (χ1) is 8.53. The Labute approximate surface area is 107 Å². The molecule has 0 atom stereocenters. The lowest BCUT2D eigenvalue weighted by Gasteiger charge is -2.06. The molecule has 0 spiro atoms. The predicted octanol–water partition coefficient (Wildman–Crippen LogP) is 2.63. The van der Waals surface area contributed by atoms with E-state index in [1.807, 2.05) is 30.3 Å². The molecule has 0 aliphatic heterocycles. The molecule has 1 aliphatic rings. The summed E-state index contributed by atoms with van der Waals surface area (Å²) in [6, 6.07) is 14.0. The largest absolute Gasteiger partial charge is 0.284 e. The summed E-state index contributed by atoms with van der Waals surface area (Å²) in [5.41, 5.74) is 5.54. The van der Waals surface area contributed by atoms with Crippen molar-refractivity contribution in [2.75, 3.05) is 11.0 Å². The highest BCUT2D eigenvalue weighted by atomic mass is 32.2. The van der Waals surface area contributed by atoms with Crippen LogP contribution in [-0.2, 0) is 16.4 Å². The van der Waals surface area contributed by atoms with Crippen LogP contribution in [0.4, 0.5) is 5.69 Å². The lowest BCUT2D eigenvalue weighted by Crippen LogP contribution is -2.09. The maximum atomic E-state index is 11.2. The number of rotatable bonds is 2. The van der Waals surface area contributed by atoms with Crippen LogP contribution < -0.4 is 4.72 Å². The van der Waals surface area contributed by atoms with Crippen LogP contribution in [0.15, 0.2) is 42.5 Å². The van der Waals surface area contributed by atoms with Gasteiger partial charge in [0.15, 0.2) is 0 Å². The Kier molecular flexibility index (Phi) is 2.41. The predicted molar refractivity (Wildman–Crippen MR) is 73.2 cm³/mol. The first kappa shape index (κ1) is 11.3. The third-order valence-electron chi connectivity index (χ3n) is 3.10. The molecule has 2 aromatic carbocycles. The van der Waals surface area contributed by atoms with Gasteiger partial charge in [0.2, 0.25) is 10.0 Å². The Morgan fingerprint density at radius 1 is 1.00 bits per heavy atom. The third kappa shape index (κ3) is 1.99. The van der Waals surface area contributed by atoms with Crippen molar-refractivity contribution in [3.8, 4) is 11.1 Å². The van der Waals surface area contributed by atoms with Crippen molar-refractivity contribution < 1.29 is 8.42 Å². The second-order valence-electron chi connectivity index (χ2n) is 4.58. The summed E-state index contributed by atoms with van der Waals surface area (Å²) in [4.78, 5) is 0. The second-order valence-corrected chi connectivity index (χ2v) is 6.33.